The zero-order valence-corrected chi connectivity index (χ0v) is 11.3. The predicted molar refractivity (Wildman–Crippen MR) is 70.4 cm³/mol. The number of hydrogen-bond donors (Lipinski definition) is 3. The van der Waals surface area contributed by atoms with Gasteiger partial charge in [-0.25, -0.2) is 0 Å². The molecule has 1 aromatic carbocycles. The number of hydrogen-bond acceptors (Lipinski definition) is 4. The summed E-state index contributed by atoms with van der Waals surface area (Å²) in [5.74, 6) is -0.427. The van der Waals surface area contributed by atoms with Gasteiger partial charge in [0.1, 0.15) is 11.4 Å². The summed E-state index contributed by atoms with van der Waals surface area (Å²) in [5.41, 5.74) is -0.700. The van der Waals surface area contributed by atoms with Crippen molar-refractivity contribution in [2.24, 2.45) is 0 Å². The van der Waals surface area contributed by atoms with E-state index in [9.17, 15) is 15.0 Å². The van der Waals surface area contributed by atoms with Crippen LogP contribution in [0.15, 0.2) is 18.2 Å². The Labute approximate surface area is 116 Å². The van der Waals surface area contributed by atoms with Gasteiger partial charge in [-0.1, -0.05) is 11.6 Å². The topological polar surface area (TPSA) is 78.8 Å². The number of nitrogens with one attached hydrogen (secondary N) is 1. The molecule has 1 aliphatic heterocycles. The molecule has 0 aromatic heterocycles. The number of benzene rings is 1. The monoisotopic (exact) mass is 285 g/mol. The normalized spacial score (nSPS) is 26.4. The zero-order chi connectivity index (χ0) is 14.0. The average molecular weight is 286 g/mol. The maximum atomic E-state index is 11.9. The Morgan fingerprint density at radius 2 is 2.37 bits per heavy atom. The number of carbonyl (C=O) groups is 1. The molecule has 2 rings (SSSR count). The van der Waals surface area contributed by atoms with Gasteiger partial charge in [-0.05, 0) is 25.1 Å². The van der Waals surface area contributed by atoms with E-state index in [0.29, 0.717) is 18.6 Å². The third-order valence-corrected chi connectivity index (χ3v) is 3.73. The van der Waals surface area contributed by atoms with Crippen LogP contribution >= 0.6 is 11.6 Å². The minimum absolute atomic E-state index is 0.0744. The second-order valence-corrected chi connectivity index (χ2v) is 5.12. The second kappa shape index (κ2) is 5.36. The fourth-order valence-corrected chi connectivity index (χ4v) is 2.17. The van der Waals surface area contributed by atoms with Crippen LogP contribution in [0.4, 0.5) is 0 Å². The Kier molecular flexibility index (Phi) is 3.99. The van der Waals surface area contributed by atoms with Gasteiger partial charge in [0.15, 0.2) is 0 Å². The highest BCUT2D eigenvalue weighted by Gasteiger charge is 2.39. The molecule has 1 saturated heterocycles. The molecular weight excluding hydrogens is 270 g/mol. The molecule has 0 aliphatic carbocycles. The van der Waals surface area contributed by atoms with Crippen molar-refractivity contribution in [2.75, 3.05) is 13.2 Å². The summed E-state index contributed by atoms with van der Waals surface area (Å²) in [6.07, 6.45) is 0.182. The summed E-state index contributed by atoms with van der Waals surface area (Å²) in [6, 6.07) is 4.20. The van der Waals surface area contributed by atoms with Crippen molar-refractivity contribution in [3.63, 3.8) is 0 Å². The number of amides is 1. The van der Waals surface area contributed by atoms with Gasteiger partial charge in [0, 0.05) is 25.1 Å². The molecule has 0 radical (unpaired) electrons. The Morgan fingerprint density at radius 1 is 1.63 bits per heavy atom. The number of carbonyl (C=O) groups excluding carboxylic acids is 1. The molecule has 19 heavy (non-hydrogen) atoms. The summed E-state index contributed by atoms with van der Waals surface area (Å²) in [6.45, 7) is 2.38. The smallest absolute Gasteiger partial charge is 0.251 e. The van der Waals surface area contributed by atoms with E-state index < -0.39 is 5.60 Å². The molecule has 2 atom stereocenters. The molecule has 0 bridgehead atoms. The lowest BCUT2D eigenvalue weighted by Crippen LogP contribution is -2.47. The van der Waals surface area contributed by atoms with Gasteiger partial charge in [-0.3, -0.25) is 4.79 Å². The average Bonchev–Trinajstić information content (AvgIpc) is 2.71. The van der Waals surface area contributed by atoms with E-state index in [4.69, 9.17) is 16.3 Å². The van der Waals surface area contributed by atoms with Crippen LogP contribution in [0.1, 0.15) is 23.7 Å². The third-order valence-electron chi connectivity index (χ3n) is 3.42. The Bertz CT molecular complexity index is 494. The van der Waals surface area contributed by atoms with Gasteiger partial charge in [0.2, 0.25) is 0 Å². The highest BCUT2D eigenvalue weighted by Crippen LogP contribution is 2.26. The Morgan fingerprint density at radius 3 is 2.95 bits per heavy atom. The summed E-state index contributed by atoms with van der Waals surface area (Å²) in [5, 5.41) is 22.3. The van der Waals surface area contributed by atoms with Gasteiger partial charge in [-0.15, -0.1) is 0 Å². The first-order chi connectivity index (χ1) is 8.92. The largest absolute Gasteiger partial charge is 0.506 e. The van der Waals surface area contributed by atoms with E-state index in [1.54, 1.807) is 6.92 Å². The summed E-state index contributed by atoms with van der Waals surface area (Å²) in [7, 11) is 0. The molecule has 2 unspecified atom stereocenters. The van der Waals surface area contributed by atoms with E-state index in [1.807, 2.05) is 0 Å². The lowest BCUT2D eigenvalue weighted by atomic mass is 9.96. The third kappa shape index (κ3) is 3.00. The molecule has 3 N–H and O–H groups in total. The van der Waals surface area contributed by atoms with Crippen molar-refractivity contribution >= 4 is 17.5 Å². The van der Waals surface area contributed by atoms with Crippen LogP contribution in [0, 0.1) is 0 Å². The van der Waals surface area contributed by atoms with Crippen molar-refractivity contribution in [1.82, 2.24) is 5.32 Å². The second-order valence-electron chi connectivity index (χ2n) is 4.72. The van der Waals surface area contributed by atoms with Crippen LogP contribution < -0.4 is 5.32 Å². The molecule has 1 amide bonds. The van der Waals surface area contributed by atoms with Gasteiger partial charge < -0.3 is 20.3 Å². The summed E-state index contributed by atoms with van der Waals surface area (Å²) >= 11 is 5.74. The van der Waals surface area contributed by atoms with Gasteiger partial charge in [0.05, 0.1) is 11.1 Å². The number of halogens is 1. The molecule has 6 heteroatoms. The van der Waals surface area contributed by atoms with E-state index in [0.717, 1.165) is 0 Å². The standard InChI is InChI=1S/C13H16ClNO4/c1-8-13(18,4-5-19-8)7-15-12(17)9-2-3-11(16)10(14)6-9/h2-3,6,8,16,18H,4-5,7H2,1H3,(H,15,17). The summed E-state index contributed by atoms with van der Waals surface area (Å²) < 4.78 is 5.29. The number of aliphatic hydroxyl groups is 1. The highest BCUT2D eigenvalue weighted by atomic mass is 35.5. The zero-order valence-electron chi connectivity index (χ0n) is 10.5. The first kappa shape index (κ1) is 14.1. The molecule has 104 valence electrons. The minimum atomic E-state index is -1.03. The fourth-order valence-electron chi connectivity index (χ4n) is 1.99. The van der Waals surface area contributed by atoms with Crippen LogP contribution in [0.5, 0.6) is 5.75 Å². The Hall–Kier alpha value is -1.30. The maximum absolute atomic E-state index is 11.9. The molecule has 1 aromatic rings. The number of phenolic OH excluding ortho intramolecular Hbond substituents is 1. The van der Waals surface area contributed by atoms with Crippen LogP contribution in [0.2, 0.25) is 5.02 Å². The molecule has 0 spiro atoms. The van der Waals surface area contributed by atoms with E-state index >= 15 is 0 Å². The van der Waals surface area contributed by atoms with Crippen molar-refractivity contribution in [2.45, 2.75) is 25.0 Å². The van der Waals surface area contributed by atoms with Gasteiger partial charge in [-0.2, -0.15) is 0 Å². The molecule has 1 fully saturated rings. The SMILES string of the molecule is CC1OCCC1(O)CNC(=O)c1ccc(O)c(Cl)c1. The van der Waals surface area contributed by atoms with E-state index in [-0.39, 0.29) is 29.3 Å². The molecule has 1 heterocycles. The minimum Gasteiger partial charge on any atom is -0.506 e. The molecule has 0 saturated carbocycles. The fraction of sp³-hybridized carbons (Fsp3) is 0.462. The molecule has 5 nitrogen and oxygen atoms in total. The molecule has 1 aliphatic rings. The first-order valence-electron chi connectivity index (χ1n) is 6.03. The van der Waals surface area contributed by atoms with E-state index in [2.05, 4.69) is 5.32 Å². The first-order valence-corrected chi connectivity index (χ1v) is 6.41. The quantitative estimate of drug-likeness (QED) is 0.782. The van der Waals surface area contributed by atoms with Crippen LogP contribution in [-0.2, 0) is 4.74 Å². The summed E-state index contributed by atoms with van der Waals surface area (Å²) in [4.78, 5) is 11.9. The highest BCUT2D eigenvalue weighted by molar-refractivity contribution is 6.32. The van der Waals surface area contributed by atoms with Gasteiger partial charge >= 0.3 is 0 Å². The van der Waals surface area contributed by atoms with Gasteiger partial charge in [0.25, 0.3) is 5.91 Å². The number of rotatable bonds is 3. The predicted octanol–water partition coefficient (Wildman–Crippen LogP) is 1.32. The van der Waals surface area contributed by atoms with Crippen molar-refractivity contribution in [1.29, 1.82) is 0 Å². The number of aromatic hydroxyl groups is 1. The van der Waals surface area contributed by atoms with Crippen molar-refractivity contribution in [3.05, 3.63) is 28.8 Å². The van der Waals surface area contributed by atoms with E-state index in [1.165, 1.54) is 18.2 Å². The van der Waals surface area contributed by atoms with Crippen LogP contribution in [0.3, 0.4) is 0 Å². The van der Waals surface area contributed by atoms with Crippen molar-refractivity contribution in [3.8, 4) is 5.75 Å². The number of ether oxygens (including phenoxy) is 1. The maximum Gasteiger partial charge on any atom is 0.251 e. The van der Waals surface area contributed by atoms with Crippen molar-refractivity contribution < 1.29 is 19.7 Å². The van der Waals surface area contributed by atoms with Crippen LogP contribution in [-0.4, -0.2) is 41.0 Å². The van der Waals surface area contributed by atoms with Crippen LogP contribution in [0.25, 0.3) is 0 Å². The molecular formula is C13H16ClNO4. The lowest BCUT2D eigenvalue weighted by molar-refractivity contribution is -0.0251. The lowest BCUT2D eigenvalue weighted by Gasteiger charge is -2.26. The number of phenols is 1. The Balaban J connectivity index is 1.99.